The first-order chi connectivity index (χ1) is 16.8. The van der Waals surface area contributed by atoms with E-state index < -0.39 is 28.4 Å². The van der Waals surface area contributed by atoms with Crippen LogP contribution in [0.15, 0.2) is 0 Å². The summed E-state index contributed by atoms with van der Waals surface area (Å²) in [7, 11) is 9.75. The van der Waals surface area contributed by atoms with Gasteiger partial charge in [-0.2, -0.15) is 12.0 Å². The van der Waals surface area contributed by atoms with Gasteiger partial charge in [0.25, 0.3) is 0 Å². The molecule has 0 aromatic heterocycles. The van der Waals surface area contributed by atoms with E-state index in [1.807, 2.05) is 0 Å². The normalized spacial score (nSPS) is 16.6. The summed E-state index contributed by atoms with van der Waals surface area (Å²) in [6, 6.07) is 0.142. The summed E-state index contributed by atoms with van der Waals surface area (Å²) in [5.41, 5.74) is 7.42. The Morgan fingerprint density at radius 1 is 0.743 bits per heavy atom. The molecule has 2 atom stereocenters. The summed E-state index contributed by atoms with van der Waals surface area (Å²) in [6.45, 7) is 8.29. The molecule has 5 nitrogen and oxygen atoms in total. The summed E-state index contributed by atoms with van der Waals surface area (Å²) >= 11 is -0.472. The molecule has 0 amide bonds. The van der Waals surface area contributed by atoms with Crippen LogP contribution in [0.2, 0.25) is 0 Å². The van der Waals surface area contributed by atoms with E-state index in [1.165, 1.54) is 83.5 Å². The van der Waals surface area contributed by atoms with Crippen LogP contribution in [0.4, 0.5) is 0 Å². The molecule has 3 N–H and O–H groups in total. The molecule has 0 spiro atoms. The van der Waals surface area contributed by atoms with Crippen molar-refractivity contribution in [3.8, 4) is 0 Å². The SMILES string of the molecule is CCCCCCCCCC(=O)O.CCCCCCCCCC(=O)O.[CH2-][C@@H]1CCCC[C@H]1[NH-].[Cl][Pt+2][Cl]. The Morgan fingerprint density at radius 2 is 1.06 bits per heavy atom. The zero-order valence-electron chi connectivity index (χ0n) is 22.3. The number of halogens is 2. The predicted molar refractivity (Wildman–Crippen MR) is 148 cm³/mol. The molecule has 0 heterocycles. The van der Waals surface area contributed by atoms with E-state index in [9.17, 15) is 9.59 Å². The molecule has 0 bridgehead atoms. The maximum absolute atomic E-state index is 10.1. The van der Waals surface area contributed by atoms with Gasteiger partial charge in [-0.3, -0.25) is 9.59 Å². The fourth-order valence-electron chi connectivity index (χ4n) is 3.67. The fourth-order valence-corrected chi connectivity index (χ4v) is 3.67. The van der Waals surface area contributed by atoms with Crippen LogP contribution in [0.3, 0.4) is 0 Å². The van der Waals surface area contributed by atoms with Crippen LogP contribution in [0.25, 0.3) is 5.73 Å². The Labute approximate surface area is 233 Å². The van der Waals surface area contributed by atoms with Crippen LogP contribution in [-0.4, -0.2) is 28.2 Å². The molecule has 0 aromatic rings. The average molecular weight is 722 g/mol. The van der Waals surface area contributed by atoms with Gasteiger partial charge in [0.1, 0.15) is 0 Å². The van der Waals surface area contributed by atoms with E-state index in [1.54, 1.807) is 0 Å². The second-order valence-electron chi connectivity index (χ2n) is 9.23. The van der Waals surface area contributed by atoms with Crippen LogP contribution >= 0.6 is 18.8 Å². The number of nitrogens with one attached hydrogen (secondary N) is 1. The third kappa shape index (κ3) is 41.6. The molecule has 0 aromatic carbocycles. The van der Waals surface area contributed by atoms with Gasteiger partial charge in [0, 0.05) is 12.8 Å². The Kier molecular flexibility index (Phi) is 38.7. The molecule has 1 fully saturated rings. The van der Waals surface area contributed by atoms with E-state index in [2.05, 4.69) is 20.8 Å². The van der Waals surface area contributed by atoms with Gasteiger partial charge in [0.15, 0.2) is 0 Å². The second-order valence-corrected chi connectivity index (χ2v) is 12.5. The number of hydrogen-bond acceptors (Lipinski definition) is 2. The molecule has 1 aliphatic rings. The number of carboxylic acid groups (broad SMARTS) is 2. The molecule has 0 radical (unpaired) electrons. The van der Waals surface area contributed by atoms with Crippen molar-refractivity contribution in [2.75, 3.05) is 0 Å². The predicted octanol–water partition coefficient (Wildman–Crippen LogP) is 10.2. The zero-order chi connectivity index (χ0) is 27.2. The quantitative estimate of drug-likeness (QED) is 0.122. The first kappa shape index (κ1) is 39.7. The molecule has 35 heavy (non-hydrogen) atoms. The van der Waals surface area contributed by atoms with E-state index in [0.29, 0.717) is 18.8 Å². The Bertz CT molecular complexity index is 407. The summed E-state index contributed by atoms with van der Waals surface area (Å²) in [5, 5.41) is 16.7. The monoisotopic (exact) mass is 720 g/mol. The number of unbranched alkanes of at least 4 members (excludes halogenated alkanes) is 12. The van der Waals surface area contributed by atoms with Crippen molar-refractivity contribution in [2.24, 2.45) is 5.92 Å². The van der Waals surface area contributed by atoms with Crippen molar-refractivity contribution in [1.82, 2.24) is 0 Å². The van der Waals surface area contributed by atoms with Crippen molar-refractivity contribution < 1.29 is 36.3 Å². The van der Waals surface area contributed by atoms with Crippen molar-refractivity contribution >= 4 is 30.8 Å². The Balaban J connectivity index is -0.000000421. The molecular weight excluding hydrogens is 668 g/mol. The minimum absolute atomic E-state index is 0.142. The third-order valence-electron chi connectivity index (χ3n) is 5.90. The molecule has 8 heteroatoms. The molecule has 1 rings (SSSR count). The van der Waals surface area contributed by atoms with E-state index in [-0.39, 0.29) is 6.04 Å². The standard InChI is InChI=1S/2C10H20O2.C7H13N.2ClH.Pt/c2*1-2-3-4-5-6-7-8-9-10(11)12;1-6-4-2-3-5-7(6)8;;;/h2*2-9H2,1H3,(H,11,12);6-8H,1-5H2;2*1H;/q;;-2;;;+4/p-2/t;;6-,7-;;;/m..1.../s1. The number of carbonyl (C=O) groups is 2. The number of rotatable bonds is 16. The average Bonchev–Trinajstić information content (AvgIpc) is 2.81. The van der Waals surface area contributed by atoms with Gasteiger partial charge < -0.3 is 22.9 Å². The molecule has 0 unspecified atom stereocenters. The third-order valence-corrected chi connectivity index (χ3v) is 5.90. The summed E-state index contributed by atoms with van der Waals surface area (Å²) in [4.78, 5) is 20.3. The van der Waals surface area contributed by atoms with Gasteiger partial charge in [0.2, 0.25) is 0 Å². The topological polar surface area (TPSA) is 98.4 Å². The van der Waals surface area contributed by atoms with E-state index in [0.717, 1.165) is 32.1 Å². The van der Waals surface area contributed by atoms with Gasteiger partial charge in [-0.25, -0.2) is 0 Å². The van der Waals surface area contributed by atoms with Crippen molar-refractivity contribution in [1.29, 1.82) is 0 Å². The van der Waals surface area contributed by atoms with Gasteiger partial charge in [-0.05, 0) is 12.8 Å². The van der Waals surface area contributed by atoms with Crippen LogP contribution in [0.1, 0.15) is 142 Å². The fraction of sp³-hybridized carbons (Fsp3) is 0.889. The number of carboxylic acids is 2. The van der Waals surface area contributed by atoms with Crippen LogP contribution in [0.5, 0.6) is 0 Å². The first-order valence-electron chi connectivity index (χ1n) is 13.6. The zero-order valence-corrected chi connectivity index (χ0v) is 26.1. The van der Waals surface area contributed by atoms with Crippen LogP contribution in [-0.2, 0) is 26.1 Å². The van der Waals surface area contributed by atoms with Crippen molar-refractivity contribution in [3.05, 3.63) is 12.7 Å². The minimum atomic E-state index is -0.663. The number of hydrogen-bond donors (Lipinski definition) is 2. The molecule has 0 aliphatic heterocycles. The molecule has 1 aliphatic carbocycles. The van der Waals surface area contributed by atoms with Gasteiger partial charge in [0.05, 0.1) is 0 Å². The molecule has 1 saturated carbocycles. The summed E-state index contributed by atoms with van der Waals surface area (Å²) in [6.07, 6.45) is 22.1. The molecule has 0 saturated heterocycles. The summed E-state index contributed by atoms with van der Waals surface area (Å²) in [5.74, 6) is -0.907. The van der Waals surface area contributed by atoms with Crippen LogP contribution in [0, 0.1) is 12.8 Å². The first-order valence-corrected chi connectivity index (χ1v) is 19.2. The van der Waals surface area contributed by atoms with Crippen molar-refractivity contribution in [2.45, 2.75) is 148 Å². The molecule has 214 valence electrons. The number of aliphatic carboxylic acids is 2. The Morgan fingerprint density at radius 3 is 1.31 bits per heavy atom. The van der Waals surface area contributed by atoms with Gasteiger partial charge >= 0.3 is 47.3 Å². The Hall–Kier alpha value is 0.168. The van der Waals surface area contributed by atoms with E-state index in [4.69, 9.17) is 34.8 Å². The molecular formula is C27H53Cl2NO4Pt. The van der Waals surface area contributed by atoms with Crippen LogP contribution < -0.4 is 0 Å². The van der Waals surface area contributed by atoms with E-state index >= 15 is 0 Å². The van der Waals surface area contributed by atoms with Gasteiger partial charge in [-0.15, -0.1) is 0 Å². The van der Waals surface area contributed by atoms with Gasteiger partial charge in [-0.1, -0.05) is 117 Å². The summed E-state index contributed by atoms with van der Waals surface area (Å²) < 4.78 is 0. The second kappa shape index (κ2) is 34.2. The van der Waals surface area contributed by atoms with Crippen molar-refractivity contribution in [3.63, 3.8) is 0 Å². The maximum atomic E-state index is 10.1.